The maximum atomic E-state index is 13.6. The van der Waals surface area contributed by atoms with Crippen molar-refractivity contribution < 1.29 is 29.0 Å². The predicted octanol–water partition coefficient (Wildman–Crippen LogP) is 4.43. The van der Waals surface area contributed by atoms with Gasteiger partial charge in [-0.25, -0.2) is 0 Å². The van der Waals surface area contributed by atoms with Crippen molar-refractivity contribution in [3.05, 3.63) is 88.0 Å². The van der Waals surface area contributed by atoms with E-state index in [-0.39, 0.29) is 19.2 Å². The number of primary amides is 1. The molecule has 2 amide bonds. The molecule has 2 aliphatic rings. The van der Waals surface area contributed by atoms with Crippen LogP contribution in [0.15, 0.2) is 54.6 Å². The number of anilines is 1. The second kappa shape index (κ2) is 11.6. The molecule has 2 aliphatic heterocycles. The molecule has 5 rings (SSSR count). The van der Waals surface area contributed by atoms with Crippen molar-refractivity contribution in [1.29, 1.82) is 0 Å². The van der Waals surface area contributed by atoms with Crippen molar-refractivity contribution >= 4 is 23.5 Å². The maximum absolute atomic E-state index is 13.6. The van der Waals surface area contributed by atoms with E-state index in [1.165, 1.54) is 0 Å². The van der Waals surface area contributed by atoms with E-state index in [0.717, 1.165) is 40.8 Å². The SMILES string of the molecule is CCc1cc(C)cc(CC)c1NC(=O)CN1C[C@H](c2ccc3c(c2)OCO3)C(C(=O)O)[C@@H]1c1ccc(C(N)=O)cc1. The normalized spacial score (nSPS) is 19.7. The molecule has 1 unspecified atom stereocenters. The lowest BCUT2D eigenvalue weighted by molar-refractivity contribution is -0.143. The Morgan fingerprint density at radius 3 is 2.20 bits per heavy atom. The van der Waals surface area contributed by atoms with E-state index in [9.17, 15) is 19.5 Å². The average molecular weight is 558 g/mol. The summed E-state index contributed by atoms with van der Waals surface area (Å²) in [6.07, 6.45) is 1.55. The highest BCUT2D eigenvalue weighted by Crippen LogP contribution is 2.47. The molecule has 0 bridgehead atoms. The number of hydrogen-bond donors (Lipinski definition) is 3. The van der Waals surface area contributed by atoms with Crippen LogP contribution < -0.4 is 20.5 Å². The molecule has 9 heteroatoms. The van der Waals surface area contributed by atoms with Crippen molar-refractivity contribution in [2.75, 3.05) is 25.2 Å². The number of benzene rings is 3. The number of aryl methyl sites for hydroxylation is 3. The topological polar surface area (TPSA) is 131 Å². The van der Waals surface area contributed by atoms with Crippen LogP contribution in [0.1, 0.15) is 64.0 Å². The van der Waals surface area contributed by atoms with Crippen LogP contribution in [0.25, 0.3) is 0 Å². The van der Waals surface area contributed by atoms with Gasteiger partial charge >= 0.3 is 5.97 Å². The lowest BCUT2D eigenvalue weighted by Gasteiger charge is -2.27. The number of fused-ring (bicyclic) bond motifs is 1. The minimum absolute atomic E-state index is 0.00669. The smallest absolute Gasteiger partial charge is 0.309 e. The molecule has 4 N–H and O–H groups in total. The number of amides is 2. The number of rotatable bonds is 9. The second-order valence-corrected chi connectivity index (χ2v) is 10.7. The molecule has 3 aromatic rings. The van der Waals surface area contributed by atoms with Crippen LogP contribution in [-0.4, -0.2) is 47.7 Å². The van der Waals surface area contributed by atoms with E-state index < -0.39 is 29.8 Å². The van der Waals surface area contributed by atoms with E-state index in [1.807, 2.05) is 24.0 Å². The zero-order valence-corrected chi connectivity index (χ0v) is 23.5. The fraction of sp³-hybridized carbons (Fsp3) is 0.344. The van der Waals surface area contributed by atoms with Crippen molar-refractivity contribution in [2.24, 2.45) is 11.7 Å². The fourth-order valence-electron chi connectivity index (χ4n) is 6.14. The monoisotopic (exact) mass is 557 g/mol. The number of ether oxygens (including phenoxy) is 2. The number of carbonyl (C=O) groups excluding carboxylic acids is 2. The van der Waals surface area contributed by atoms with Gasteiger partial charge in [0.1, 0.15) is 0 Å². The van der Waals surface area contributed by atoms with Gasteiger partial charge in [-0.1, -0.05) is 49.7 Å². The number of hydrogen-bond acceptors (Lipinski definition) is 6. The molecular formula is C32H35N3O6. The fourth-order valence-corrected chi connectivity index (χ4v) is 6.14. The Bertz CT molecular complexity index is 1460. The van der Waals surface area contributed by atoms with Crippen molar-refractivity contribution in [3.63, 3.8) is 0 Å². The highest BCUT2D eigenvalue weighted by molar-refractivity contribution is 5.94. The van der Waals surface area contributed by atoms with E-state index in [4.69, 9.17) is 15.2 Å². The van der Waals surface area contributed by atoms with E-state index in [0.29, 0.717) is 29.2 Å². The third kappa shape index (κ3) is 5.63. The van der Waals surface area contributed by atoms with Crippen LogP contribution in [0.2, 0.25) is 0 Å². The zero-order chi connectivity index (χ0) is 29.3. The van der Waals surface area contributed by atoms with Gasteiger partial charge in [-0.3, -0.25) is 19.3 Å². The Balaban J connectivity index is 1.50. The Hall–Kier alpha value is -4.37. The van der Waals surface area contributed by atoms with Crippen LogP contribution in [0.4, 0.5) is 5.69 Å². The third-order valence-electron chi connectivity index (χ3n) is 8.06. The van der Waals surface area contributed by atoms with Gasteiger partial charge < -0.3 is 25.6 Å². The summed E-state index contributed by atoms with van der Waals surface area (Å²) < 4.78 is 11.0. The average Bonchev–Trinajstić information content (AvgIpc) is 3.58. The maximum Gasteiger partial charge on any atom is 0.309 e. The highest BCUT2D eigenvalue weighted by Gasteiger charge is 2.48. The summed E-state index contributed by atoms with van der Waals surface area (Å²) >= 11 is 0. The van der Waals surface area contributed by atoms with Gasteiger partial charge in [0.25, 0.3) is 0 Å². The van der Waals surface area contributed by atoms with Crippen LogP contribution in [0, 0.1) is 12.8 Å². The zero-order valence-electron chi connectivity index (χ0n) is 23.5. The Kier molecular flexibility index (Phi) is 7.99. The third-order valence-corrected chi connectivity index (χ3v) is 8.06. The van der Waals surface area contributed by atoms with Crippen molar-refractivity contribution in [3.8, 4) is 11.5 Å². The first kappa shape index (κ1) is 28.2. The first-order chi connectivity index (χ1) is 19.7. The molecule has 1 saturated heterocycles. The standard InChI is InChI=1S/C32H35N3O6/c1-4-19-12-18(3)13-20(5-2)29(19)34-27(36)16-35-15-24(23-10-11-25-26(14-23)41-17-40-25)28(32(38)39)30(35)21-6-8-22(9-7-21)31(33)37/h6-14,24,28,30H,4-5,15-17H2,1-3H3,(H2,33,37)(H,34,36)(H,38,39)/t24-,28?,30+/m1/s1. The van der Waals surface area contributed by atoms with Gasteiger partial charge in [0.05, 0.1) is 12.5 Å². The largest absolute Gasteiger partial charge is 0.481 e. The Labute approximate surface area is 239 Å². The summed E-state index contributed by atoms with van der Waals surface area (Å²) in [5.41, 5.74) is 11.4. The molecule has 9 nitrogen and oxygen atoms in total. The van der Waals surface area contributed by atoms with Gasteiger partial charge in [-0.2, -0.15) is 0 Å². The molecule has 41 heavy (non-hydrogen) atoms. The number of carboxylic acids is 1. The first-order valence-corrected chi connectivity index (χ1v) is 13.9. The number of nitrogens with two attached hydrogens (primary N) is 1. The molecule has 214 valence electrons. The molecule has 1 fully saturated rings. The summed E-state index contributed by atoms with van der Waals surface area (Å²) in [4.78, 5) is 40.0. The molecule has 0 radical (unpaired) electrons. The molecule has 3 aromatic carbocycles. The van der Waals surface area contributed by atoms with Gasteiger partial charge in [0, 0.05) is 29.8 Å². The lowest BCUT2D eigenvalue weighted by atomic mass is 9.82. The summed E-state index contributed by atoms with van der Waals surface area (Å²) in [6.45, 7) is 6.61. The number of likely N-dealkylation sites (tertiary alicyclic amines) is 1. The molecule has 0 spiro atoms. The lowest BCUT2D eigenvalue weighted by Crippen LogP contribution is -2.35. The minimum Gasteiger partial charge on any atom is -0.481 e. The molecule has 0 aromatic heterocycles. The molecule has 0 aliphatic carbocycles. The van der Waals surface area contributed by atoms with Crippen LogP contribution in [-0.2, 0) is 22.4 Å². The second-order valence-electron chi connectivity index (χ2n) is 10.7. The highest BCUT2D eigenvalue weighted by atomic mass is 16.7. The summed E-state index contributed by atoms with van der Waals surface area (Å²) in [5.74, 6) is -1.85. The van der Waals surface area contributed by atoms with Gasteiger partial charge in [0.2, 0.25) is 18.6 Å². The van der Waals surface area contributed by atoms with Gasteiger partial charge in [-0.15, -0.1) is 0 Å². The predicted molar refractivity (Wildman–Crippen MR) is 154 cm³/mol. The number of nitrogens with zero attached hydrogens (tertiary/aromatic N) is 1. The summed E-state index contributed by atoms with van der Waals surface area (Å²) in [7, 11) is 0. The van der Waals surface area contributed by atoms with Gasteiger partial charge in [-0.05, 0) is 66.3 Å². The summed E-state index contributed by atoms with van der Waals surface area (Å²) in [6, 6.07) is 15.7. The first-order valence-electron chi connectivity index (χ1n) is 13.9. The number of carbonyl (C=O) groups is 3. The van der Waals surface area contributed by atoms with Crippen LogP contribution in [0.5, 0.6) is 11.5 Å². The van der Waals surface area contributed by atoms with Gasteiger partial charge in [0.15, 0.2) is 11.5 Å². The van der Waals surface area contributed by atoms with Crippen molar-refractivity contribution in [2.45, 2.75) is 45.6 Å². The van der Waals surface area contributed by atoms with Crippen LogP contribution >= 0.6 is 0 Å². The number of aliphatic carboxylic acids is 1. The molecule has 0 saturated carbocycles. The molecule has 2 heterocycles. The Morgan fingerprint density at radius 2 is 1.59 bits per heavy atom. The van der Waals surface area contributed by atoms with Crippen molar-refractivity contribution in [1.82, 2.24) is 4.90 Å². The summed E-state index contributed by atoms with van der Waals surface area (Å²) in [5, 5.41) is 13.6. The quantitative estimate of drug-likeness (QED) is 0.355. The van der Waals surface area contributed by atoms with E-state index in [1.54, 1.807) is 30.3 Å². The number of carboxylic acid groups (broad SMARTS) is 1. The van der Waals surface area contributed by atoms with E-state index >= 15 is 0 Å². The molecular weight excluding hydrogens is 522 g/mol. The Morgan fingerprint density at radius 1 is 0.951 bits per heavy atom. The minimum atomic E-state index is -0.973. The van der Waals surface area contributed by atoms with Crippen LogP contribution in [0.3, 0.4) is 0 Å². The molecule has 3 atom stereocenters. The van der Waals surface area contributed by atoms with E-state index in [2.05, 4.69) is 31.3 Å². The number of nitrogens with one attached hydrogen (secondary N) is 1.